The van der Waals surface area contributed by atoms with E-state index in [2.05, 4.69) is 24.1 Å². The Morgan fingerprint density at radius 3 is 2.73 bits per heavy atom. The van der Waals surface area contributed by atoms with E-state index in [4.69, 9.17) is 5.73 Å². The lowest BCUT2D eigenvalue weighted by Gasteiger charge is -2.22. The Kier molecular flexibility index (Phi) is 6.35. The van der Waals surface area contributed by atoms with Gasteiger partial charge in [-0.2, -0.15) is 0 Å². The number of benzene rings is 1. The molecule has 1 amide bonds. The van der Waals surface area contributed by atoms with E-state index in [-0.39, 0.29) is 18.3 Å². The van der Waals surface area contributed by atoms with Gasteiger partial charge in [-0.1, -0.05) is 27.2 Å². The van der Waals surface area contributed by atoms with Crippen molar-refractivity contribution in [2.75, 3.05) is 5.32 Å². The smallest absolute Gasteiger partial charge is 0.244 e. The fraction of sp³-hybridized carbons (Fsp3) is 0.500. The van der Waals surface area contributed by atoms with E-state index in [9.17, 15) is 4.79 Å². The highest BCUT2D eigenvalue weighted by Crippen LogP contribution is 2.29. The van der Waals surface area contributed by atoms with E-state index in [0.717, 1.165) is 27.3 Å². The number of nitrogens with one attached hydrogen (secondary N) is 1. The zero-order chi connectivity index (χ0) is 15.6. The number of nitrogens with zero attached hydrogens (tertiary/aromatic N) is 1. The number of carbonyl (C=O) groups excluding carboxylic acids is 1. The monoisotopic (exact) mass is 341 g/mol. The summed E-state index contributed by atoms with van der Waals surface area (Å²) in [7, 11) is 0. The molecule has 22 heavy (non-hydrogen) atoms. The lowest BCUT2D eigenvalue weighted by molar-refractivity contribution is -0.120. The third-order valence-corrected chi connectivity index (χ3v) is 4.76. The largest absolute Gasteiger partial charge is 0.324 e. The van der Waals surface area contributed by atoms with Crippen LogP contribution in [0, 0.1) is 0 Å². The SMILES string of the molecule is CCCC(C)(N)C(=O)Nc1ccc2nc(C(C)C)sc2c1.Cl. The summed E-state index contributed by atoms with van der Waals surface area (Å²) >= 11 is 1.67. The Morgan fingerprint density at radius 2 is 2.14 bits per heavy atom. The number of hydrogen-bond donors (Lipinski definition) is 2. The van der Waals surface area contributed by atoms with Crippen LogP contribution in [0.5, 0.6) is 0 Å². The number of carbonyl (C=O) groups is 1. The van der Waals surface area contributed by atoms with Crippen LogP contribution in [0.4, 0.5) is 5.69 Å². The predicted molar refractivity (Wildman–Crippen MR) is 97.1 cm³/mol. The summed E-state index contributed by atoms with van der Waals surface area (Å²) in [5, 5.41) is 4.03. The number of anilines is 1. The zero-order valence-electron chi connectivity index (χ0n) is 13.5. The van der Waals surface area contributed by atoms with E-state index >= 15 is 0 Å². The molecule has 2 rings (SSSR count). The first kappa shape index (κ1) is 18.9. The number of rotatable bonds is 5. The lowest BCUT2D eigenvalue weighted by Crippen LogP contribution is -2.48. The van der Waals surface area contributed by atoms with Gasteiger partial charge in [0.2, 0.25) is 5.91 Å². The summed E-state index contributed by atoms with van der Waals surface area (Å²) in [5.74, 6) is 0.273. The van der Waals surface area contributed by atoms with Gasteiger partial charge in [-0.15, -0.1) is 23.7 Å². The molecule has 0 spiro atoms. The second-order valence-electron chi connectivity index (χ2n) is 6.01. The summed E-state index contributed by atoms with van der Waals surface area (Å²) < 4.78 is 1.09. The minimum absolute atomic E-state index is 0. The Bertz CT molecular complexity index is 652. The van der Waals surface area contributed by atoms with Crippen LogP contribution in [-0.4, -0.2) is 16.4 Å². The Labute approximate surface area is 141 Å². The first-order valence-corrected chi connectivity index (χ1v) is 8.16. The molecule has 2 aromatic rings. The predicted octanol–water partition coefficient (Wildman–Crippen LogP) is 4.30. The minimum Gasteiger partial charge on any atom is -0.324 e. The lowest BCUT2D eigenvalue weighted by atomic mass is 9.96. The summed E-state index contributed by atoms with van der Waals surface area (Å²) in [6.45, 7) is 8.05. The average molecular weight is 342 g/mol. The van der Waals surface area contributed by atoms with Crippen molar-refractivity contribution < 1.29 is 4.79 Å². The molecule has 3 N–H and O–H groups in total. The zero-order valence-corrected chi connectivity index (χ0v) is 15.1. The van der Waals surface area contributed by atoms with Gasteiger partial charge in [-0.25, -0.2) is 4.98 Å². The number of fused-ring (bicyclic) bond motifs is 1. The standard InChI is InChI=1S/C16H23N3OS.ClH/c1-5-8-16(4,17)15(20)18-11-6-7-12-13(9-11)21-14(19-12)10(2)3;/h6-7,9-10H,5,8,17H2,1-4H3,(H,18,20);1H. The molecular formula is C16H24ClN3OS. The summed E-state index contributed by atoms with van der Waals surface area (Å²) in [4.78, 5) is 16.8. The normalized spacial score (nSPS) is 13.7. The fourth-order valence-electron chi connectivity index (χ4n) is 2.17. The summed E-state index contributed by atoms with van der Waals surface area (Å²) in [6, 6.07) is 5.80. The molecule has 0 aliphatic heterocycles. The van der Waals surface area contributed by atoms with Crippen LogP contribution in [0.1, 0.15) is 51.5 Å². The van der Waals surface area contributed by atoms with Crippen LogP contribution in [0.15, 0.2) is 18.2 Å². The molecule has 4 nitrogen and oxygen atoms in total. The van der Waals surface area contributed by atoms with Crippen LogP contribution in [-0.2, 0) is 4.79 Å². The van der Waals surface area contributed by atoms with Crippen LogP contribution >= 0.6 is 23.7 Å². The van der Waals surface area contributed by atoms with Crippen molar-refractivity contribution in [3.05, 3.63) is 23.2 Å². The molecule has 0 bridgehead atoms. The quantitative estimate of drug-likeness (QED) is 0.852. The van der Waals surface area contributed by atoms with E-state index in [0.29, 0.717) is 12.3 Å². The van der Waals surface area contributed by atoms with Crippen molar-refractivity contribution in [3.63, 3.8) is 0 Å². The number of hydrogen-bond acceptors (Lipinski definition) is 4. The van der Waals surface area contributed by atoms with Gasteiger partial charge in [0.1, 0.15) is 0 Å². The molecule has 6 heteroatoms. The second-order valence-corrected chi connectivity index (χ2v) is 7.07. The second kappa shape index (κ2) is 7.40. The topological polar surface area (TPSA) is 68.0 Å². The van der Waals surface area contributed by atoms with Gasteiger partial charge in [0.25, 0.3) is 0 Å². The van der Waals surface area contributed by atoms with Gasteiger partial charge in [0, 0.05) is 11.6 Å². The molecule has 0 fully saturated rings. The molecule has 1 atom stereocenters. The van der Waals surface area contributed by atoms with E-state index in [1.807, 2.05) is 25.1 Å². The summed E-state index contributed by atoms with van der Waals surface area (Å²) in [6.07, 6.45) is 1.55. The van der Waals surface area contributed by atoms with Gasteiger partial charge in [-0.05, 0) is 31.5 Å². The first-order chi connectivity index (χ1) is 9.83. The van der Waals surface area contributed by atoms with Crippen molar-refractivity contribution in [2.24, 2.45) is 5.73 Å². The molecular weight excluding hydrogens is 318 g/mol. The highest BCUT2D eigenvalue weighted by Gasteiger charge is 2.27. The maximum absolute atomic E-state index is 12.2. The third kappa shape index (κ3) is 4.18. The molecule has 1 heterocycles. The number of amides is 1. The van der Waals surface area contributed by atoms with Crippen LogP contribution in [0.2, 0.25) is 0 Å². The molecule has 0 radical (unpaired) electrons. The highest BCUT2D eigenvalue weighted by atomic mass is 35.5. The van der Waals surface area contributed by atoms with Crippen molar-refractivity contribution in [1.29, 1.82) is 0 Å². The van der Waals surface area contributed by atoms with Gasteiger partial charge in [0.15, 0.2) is 0 Å². The van der Waals surface area contributed by atoms with Gasteiger partial charge >= 0.3 is 0 Å². The molecule has 0 aliphatic rings. The minimum atomic E-state index is -0.833. The molecule has 0 saturated carbocycles. The Morgan fingerprint density at radius 1 is 1.45 bits per heavy atom. The van der Waals surface area contributed by atoms with Crippen LogP contribution < -0.4 is 11.1 Å². The average Bonchev–Trinajstić information content (AvgIpc) is 2.81. The van der Waals surface area contributed by atoms with Gasteiger partial charge in [-0.3, -0.25) is 4.79 Å². The van der Waals surface area contributed by atoms with Crippen LogP contribution in [0.3, 0.4) is 0 Å². The molecule has 1 aromatic heterocycles. The van der Waals surface area contributed by atoms with Gasteiger partial charge < -0.3 is 11.1 Å². The first-order valence-electron chi connectivity index (χ1n) is 7.34. The third-order valence-electron chi connectivity index (χ3n) is 3.44. The molecule has 0 aliphatic carbocycles. The molecule has 1 unspecified atom stereocenters. The Hall–Kier alpha value is -1.17. The van der Waals surface area contributed by atoms with Crippen molar-refractivity contribution in [3.8, 4) is 0 Å². The van der Waals surface area contributed by atoms with Crippen LogP contribution in [0.25, 0.3) is 10.2 Å². The van der Waals surface area contributed by atoms with E-state index in [1.165, 1.54) is 0 Å². The van der Waals surface area contributed by atoms with Crippen molar-refractivity contribution in [2.45, 2.75) is 52.0 Å². The van der Waals surface area contributed by atoms with Gasteiger partial charge in [0.05, 0.1) is 20.8 Å². The number of thiazole rings is 1. The number of aromatic nitrogens is 1. The van der Waals surface area contributed by atoms with E-state index in [1.54, 1.807) is 18.3 Å². The number of halogens is 1. The van der Waals surface area contributed by atoms with E-state index < -0.39 is 5.54 Å². The fourth-order valence-corrected chi connectivity index (χ4v) is 3.18. The highest BCUT2D eigenvalue weighted by molar-refractivity contribution is 7.18. The molecule has 122 valence electrons. The Balaban J connectivity index is 0.00000242. The maximum Gasteiger partial charge on any atom is 0.244 e. The molecule has 1 aromatic carbocycles. The molecule has 0 saturated heterocycles. The maximum atomic E-state index is 12.2. The van der Waals surface area contributed by atoms with Crippen molar-refractivity contribution >= 4 is 45.6 Å². The number of nitrogens with two attached hydrogens (primary N) is 1. The van der Waals surface area contributed by atoms with Crippen molar-refractivity contribution in [1.82, 2.24) is 4.98 Å². The summed E-state index contributed by atoms with van der Waals surface area (Å²) in [5.41, 5.74) is 6.98.